The van der Waals surface area contributed by atoms with Crippen LogP contribution >= 0.6 is 12.4 Å². The molecule has 6 nitrogen and oxygen atoms in total. The lowest BCUT2D eigenvalue weighted by molar-refractivity contribution is 0.0978. The Balaban J connectivity index is 0.00000162. The van der Waals surface area contributed by atoms with Gasteiger partial charge in [-0.25, -0.2) is 0 Å². The van der Waals surface area contributed by atoms with Gasteiger partial charge < -0.3 is 20.6 Å². The van der Waals surface area contributed by atoms with Crippen molar-refractivity contribution in [1.29, 1.82) is 0 Å². The number of carbonyl (C=O) groups is 1. The van der Waals surface area contributed by atoms with E-state index < -0.39 is 5.91 Å². The van der Waals surface area contributed by atoms with Gasteiger partial charge in [0.05, 0.1) is 18.8 Å². The first-order chi connectivity index (χ1) is 8.13. The van der Waals surface area contributed by atoms with Crippen LogP contribution in [-0.2, 0) is 0 Å². The van der Waals surface area contributed by atoms with Gasteiger partial charge >= 0.3 is 5.91 Å². The molecule has 0 saturated carbocycles. The van der Waals surface area contributed by atoms with E-state index in [4.69, 9.17) is 20.6 Å². The number of amides is 1. The second-order valence-corrected chi connectivity index (χ2v) is 3.33. The minimum absolute atomic E-state index is 0. The fourth-order valence-corrected chi connectivity index (χ4v) is 1.57. The Kier molecular flexibility index (Phi) is 4.17. The maximum absolute atomic E-state index is 11.7. The van der Waals surface area contributed by atoms with Gasteiger partial charge in [-0.05, 0) is 6.07 Å². The summed E-state index contributed by atoms with van der Waals surface area (Å²) < 4.78 is 10.3. The van der Waals surface area contributed by atoms with Gasteiger partial charge in [-0.3, -0.25) is 4.79 Å². The summed E-state index contributed by atoms with van der Waals surface area (Å²) in [6, 6.07) is 5.32. The molecule has 1 amide bonds. The van der Waals surface area contributed by atoms with Crippen LogP contribution in [0.2, 0.25) is 0 Å². The zero-order valence-corrected chi connectivity index (χ0v) is 10.4. The van der Waals surface area contributed by atoms with Crippen LogP contribution in [0.5, 0.6) is 5.75 Å². The van der Waals surface area contributed by atoms with Crippen LogP contribution < -0.4 is 16.2 Å². The van der Waals surface area contributed by atoms with E-state index in [1.54, 1.807) is 18.2 Å². The van der Waals surface area contributed by atoms with Gasteiger partial charge in [0.2, 0.25) is 5.76 Å². The van der Waals surface area contributed by atoms with E-state index >= 15 is 0 Å². The maximum Gasteiger partial charge on any atom is 0.316 e. The molecule has 4 N–H and O–H groups in total. The highest BCUT2D eigenvalue weighted by Crippen LogP contribution is 2.30. The Morgan fingerprint density at radius 3 is 2.72 bits per heavy atom. The summed E-state index contributed by atoms with van der Waals surface area (Å²) in [5, 5.41) is 1.31. The summed E-state index contributed by atoms with van der Waals surface area (Å²) in [4.78, 5) is 15.1. The number of guanidine groups is 1. The third-order valence-corrected chi connectivity index (χ3v) is 2.23. The first-order valence-electron chi connectivity index (χ1n) is 4.81. The van der Waals surface area contributed by atoms with E-state index in [0.29, 0.717) is 11.1 Å². The van der Waals surface area contributed by atoms with Crippen LogP contribution in [0.4, 0.5) is 0 Å². The fraction of sp³-hybridized carbons (Fsp3) is 0.0909. The van der Waals surface area contributed by atoms with E-state index in [1.807, 2.05) is 0 Å². The SMILES string of the molecule is COc1cccc2coc(C(=O)N=C(N)N)c12.Cl. The molecule has 0 aliphatic rings. The molecular formula is C11H12ClN3O3. The fourth-order valence-electron chi connectivity index (χ4n) is 1.57. The van der Waals surface area contributed by atoms with Crippen molar-refractivity contribution in [1.82, 2.24) is 0 Å². The molecule has 1 heterocycles. The number of hydrogen-bond donors (Lipinski definition) is 2. The topological polar surface area (TPSA) is 104 Å². The predicted octanol–water partition coefficient (Wildman–Crippen LogP) is 1.28. The summed E-state index contributed by atoms with van der Waals surface area (Å²) >= 11 is 0. The second kappa shape index (κ2) is 5.42. The molecule has 0 aliphatic carbocycles. The van der Waals surface area contributed by atoms with Crippen molar-refractivity contribution >= 4 is 35.0 Å². The highest BCUT2D eigenvalue weighted by atomic mass is 35.5. The quantitative estimate of drug-likeness (QED) is 0.631. The molecule has 2 aromatic rings. The van der Waals surface area contributed by atoms with Gasteiger partial charge in [0.15, 0.2) is 5.96 Å². The number of carbonyl (C=O) groups excluding carboxylic acids is 1. The lowest BCUT2D eigenvalue weighted by Crippen LogP contribution is -2.24. The van der Waals surface area contributed by atoms with Crippen molar-refractivity contribution in [3.63, 3.8) is 0 Å². The summed E-state index contributed by atoms with van der Waals surface area (Å²) in [5.41, 5.74) is 10.3. The molecule has 1 aromatic heterocycles. The van der Waals surface area contributed by atoms with Crippen molar-refractivity contribution in [3.05, 3.63) is 30.2 Å². The number of furan rings is 1. The Morgan fingerprint density at radius 1 is 1.39 bits per heavy atom. The number of nitrogens with zero attached hydrogens (tertiary/aromatic N) is 1. The largest absolute Gasteiger partial charge is 0.496 e. The molecule has 0 unspecified atom stereocenters. The Hall–Kier alpha value is -2.21. The standard InChI is InChI=1S/C11H11N3O3.ClH/c1-16-7-4-2-3-6-5-17-9(8(6)7)10(15)14-11(12)13;/h2-5H,1H3,(H4,12,13,14,15);1H. The van der Waals surface area contributed by atoms with Gasteiger partial charge in [0.1, 0.15) is 5.75 Å². The van der Waals surface area contributed by atoms with E-state index in [1.165, 1.54) is 13.4 Å². The van der Waals surface area contributed by atoms with Gasteiger partial charge in [0, 0.05) is 5.39 Å². The lowest BCUT2D eigenvalue weighted by Gasteiger charge is -2.01. The summed E-state index contributed by atoms with van der Waals surface area (Å²) in [6.07, 6.45) is 1.45. The molecule has 0 saturated heterocycles. The van der Waals surface area contributed by atoms with E-state index in [9.17, 15) is 4.79 Å². The van der Waals surface area contributed by atoms with E-state index in [-0.39, 0.29) is 24.1 Å². The molecule has 0 aliphatic heterocycles. The predicted molar refractivity (Wildman–Crippen MR) is 70.2 cm³/mol. The number of halogens is 1. The minimum atomic E-state index is -0.635. The molecule has 0 bridgehead atoms. The molecule has 2 rings (SSSR count). The molecule has 0 fully saturated rings. The third-order valence-electron chi connectivity index (χ3n) is 2.23. The first kappa shape index (κ1) is 13.9. The highest BCUT2D eigenvalue weighted by molar-refractivity contribution is 6.10. The molecule has 96 valence electrons. The molecule has 7 heteroatoms. The van der Waals surface area contributed by atoms with E-state index in [0.717, 1.165) is 5.39 Å². The summed E-state index contributed by atoms with van der Waals surface area (Å²) in [7, 11) is 1.51. The monoisotopic (exact) mass is 269 g/mol. The van der Waals surface area contributed by atoms with Gasteiger partial charge in [0.25, 0.3) is 0 Å². The number of benzene rings is 1. The van der Waals surface area contributed by atoms with Crippen molar-refractivity contribution in [3.8, 4) is 5.75 Å². The number of rotatable bonds is 2. The molecule has 0 radical (unpaired) electrons. The van der Waals surface area contributed by atoms with E-state index in [2.05, 4.69) is 4.99 Å². The maximum atomic E-state index is 11.7. The Bertz CT molecular complexity index is 603. The van der Waals surface area contributed by atoms with Crippen LogP contribution in [0.15, 0.2) is 33.9 Å². The smallest absolute Gasteiger partial charge is 0.316 e. The number of methoxy groups -OCH3 is 1. The molecule has 0 atom stereocenters. The van der Waals surface area contributed by atoms with Crippen molar-refractivity contribution in [2.24, 2.45) is 16.5 Å². The number of ether oxygens (including phenoxy) is 1. The van der Waals surface area contributed by atoms with Crippen LogP contribution in [-0.4, -0.2) is 19.0 Å². The molecule has 0 spiro atoms. The molecular weight excluding hydrogens is 258 g/mol. The third kappa shape index (κ3) is 2.38. The average molecular weight is 270 g/mol. The highest BCUT2D eigenvalue weighted by Gasteiger charge is 2.17. The lowest BCUT2D eigenvalue weighted by atomic mass is 10.1. The zero-order chi connectivity index (χ0) is 12.4. The Morgan fingerprint density at radius 2 is 2.11 bits per heavy atom. The zero-order valence-electron chi connectivity index (χ0n) is 9.54. The molecule has 1 aromatic carbocycles. The summed E-state index contributed by atoms with van der Waals surface area (Å²) in [5.74, 6) is -0.352. The normalized spacial score (nSPS) is 9.61. The number of hydrogen-bond acceptors (Lipinski definition) is 3. The van der Waals surface area contributed by atoms with Crippen LogP contribution in [0.25, 0.3) is 10.8 Å². The van der Waals surface area contributed by atoms with Crippen LogP contribution in [0.3, 0.4) is 0 Å². The number of aliphatic imine (C=N–C) groups is 1. The van der Waals surface area contributed by atoms with Crippen molar-refractivity contribution < 1.29 is 13.9 Å². The van der Waals surface area contributed by atoms with Gasteiger partial charge in [-0.1, -0.05) is 12.1 Å². The van der Waals surface area contributed by atoms with Crippen LogP contribution in [0.1, 0.15) is 10.6 Å². The number of nitrogens with two attached hydrogens (primary N) is 2. The average Bonchev–Trinajstić information content (AvgIpc) is 2.71. The van der Waals surface area contributed by atoms with Gasteiger partial charge in [-0.15, -0.1) is 12.4 Å². The van der Waals surface area contributed by atoms with Gasteiger partial charge in [-0.2, -0.15) is 4.99 Å². The number of fused-ring (bicyclic) bond motifs is 1. The first-order valence-corrected chi connectivity index (χ1v) is 4.81. The Labute approximate surface area is 109 Å². The van der Waals surface area contributed by atoms with Crippen molar-refractivity contribution in [2.45, 2.75) is 0 Å². The second-order valence-electron chi connectivity index (χ2n) is 3.33. The minimum Gasteiger partial charge on any atom is -0.496 e. The molecule has 18 heavy (non-hydrogen) atoms. The van der Waals surface area contributed by atoms with Crippen molar-refractivity contribution in [2.75, 3.05) is 7.11 Å². The van der Waals surface area contributed by atoms with Crippen LogP contribution in [0, 0.1) is 0 Å². The summed E-state index contributed by atoms with van der Waals surface area (Å²) in [6.45, 7) is 0.